The Morgan fingerprint density at radius 3 is 2.57 bits per heavy atom. The first-order valence-corrected chi connectivity index (χ1v) is 1.64. The van der Waals surface area contributed by atoms with Crippen LogP contribution in [-0.2, 0) is 0 Å². The predicted molar refractivity (Wildman–Crippen MR) is 26.6 cm³/mol. The molecule has 0 aromatic carbocycles. The smallest absolute Gasteiger partial charge is 0.118 e. The SMILES string of the molecule is Nc1ccn[nH]1.O. The molecular weight excluding hydrogens is 94.1 g/mol. The number of hydrogen-bond acceptors (Lipinski definition) is 2. The summed E-state index contributed by atoms with van der Waals surface area (Å²) in [6.07, 6.45) is 1.61. The second kappa shape index (κ2) is 2.20. The number of nitrogens with two attached hydrogens (primary N) is 1. The number of nitrogen functional groups attached to an aromatic ring is 1. The highest BCUT2D eigenvalue weighted by Crippen LogP contribution is 1.86. The maximum atomic E-state index is 5.16. The molecule has 0 saturated carbocycles. The van der Waals surface area contributed by atoms with Crippen LogP contribution in [0.15, 0.2) is 12.3 Å². The number of aromatic amines is 1. The van der Waals surface area contributed by atoms with E-state index in [0.29, 0.717) is 5.82 Å². The molecule has 0 spiro atoms. The molecule has 1 rings (SSSR count). The van der Waals surface area contributed by atoms with Crippen LogP contribution in [0.2, 0.25) is 0 Å². The van der Waals surface area contributed by atoms with Gasteiger partial charge < -0.3 is 11.2 Å². The van der Waals surface area contributed by atoms with Crippen molar-refractivity contribution in [3.63, 3.8) is 0 Å². The van der Waals surface area contributed by atoms with Crippen LogP contribution >= 0.6 is 0 Å². The summed E-state index contributed by atoms with van der Waals surface area (Å²) in [5.74, 6) is 0.606. The molecule has 0 fully saturated rings. The van der Waals surface area contributed by atoms with Gasteiger partial charge in [-0.2, -0.15) is 5.10 Å². The molecular formula is C3H7N3O. The normalized spacial score (nSPS) is 7.43. The van der Waals surface area contributed by atoms with Gasteiger partial charge in [-0.15, -0.1) is 0 Å². The zero-order chi connectivity index (χ0) is 4.41. The first-order valence-electron chi connectivity index (χ1n) is 1.64. The van der Waals surface area contributed by atoms with Crippen molar-refractivity contribution in [1.82, 2.24) is 10.2 Å². The molecule has 0 unspecified atom stereocenters. The van der Waals surface area contributed by atoms with Crippen molar-refractivity contribution < 1.29 is 5.48 Å². The monoisotopic (exact) mass is 101 g/mol. The van der Waals surface area contributed by atoms with E-state index in [1.807, 2.05) is 0 Å². The maximum Gasteiger partial charge on any atom is 0.118 e. The second-order valence-corrected chi connectivity index (χ2v) is 1.01. The van der Waals surface area contributed by atoms with E-state index in [-0.39, 0.29) is 5.48 Å². The Morgan fingerprint density at radius 1 is 1.71 bits per heavy atom. The molecule has 0 aliphatic carbocycles. The lowest BCUT2D eigenvalue weighted by Crippen LogP contribution is -1.81. The molecule has 0 amide bonds. The molecule has 7 heavy (non-hydrogen) atoms. The van der Waals surface area contributed by atoms with Gasteiger partial charge in [0.25, 0.3) is 0 Å². The molecule has 0 radical (unpaired) electrons. The van der Waals surface area contributed by atoms with Crippen molar-refractivity contribution in [2.24, 2.45) is 0 Å². The highest BCUT2D eigenvalue weighted by atomic mass is 16.0. The third-order valence-corrected chi connectivity index (χ3v) is 0.522. The van der Waals surface area contributed by atoms with Gasteiger partial charge in [0.05, 0.1) is 6.20 Å². The number of nitrogens with one attached hydrogen (secondary N) is 1. The summed E-state index contributed by atoms with van der Waals surface area (Å²) >= 11 is 0. The van der Waals surface area contributed by atoms with Crippen molar-refractivity contribution in [2.45, 2.75) is 0 Å². The van der Waals surface area contributed by atoms with Crippen LogP contribution in [0.5, 0.6) is 0 Å². The lowest BCUT2D eigenvalue weighted by Gasteiger charge is -1.70. The Kier molecular flexibility index (Phi) is 1.87. The maximum absolute atomic E-state index is 5.16. The molecule has 40 valence electrons. The van der Waals surface area contributed by atoms with Crippen LogP contribution in [0, 0.1) is 0 Å². The van der Waals surface area contributed by atoms with E-state index in [4.69, 9.17) is 5.73 Å². The Morgan fingerprint density at radius 2 is 2.43 bits per heavy atom. The summed E-state index contributed by atoms with van der Waals surface area (Å²) < 4.78 is 0. The van der Waals surface area contributed by atoms with E-state index in [0.717, 1.165) is 0 Å². The number of H-pyrrole nitrogens is 1. The fraction of sp³-hybridized carbons (Fsp3) is 0. The highest BCUT2D eigenvalue weighted by molar-refractivity contribution is 5.22. The second-order valence-electron chi connectivity index (χ2n) is 1.01. The first kappa shape index (κ1) is 5.97. The van der Waals surface area contributed by atoms with Crippen LogP contribution in [-0.4, -0.2) is 15.7 Å². The van der Waals surface area contributed by atoms with Crippen LogP contribution in [0.3, 0.4) is 0 Å². The zero-order valence-electron chi connectivity index (χ0n) is 3.68. The quantitative estimate of drug-likeness (QED) is 0.446. The van der Waals surface area contributed by atoms with Crippen molar-refractivity contribution in [3.05, 3.63) is 12.3 Å². The minimum atomic E-state index is 0. The average molecular weight is 101 g/mol. The third kappa shape index (κ3) is 1.23. The molecule has 0 atom stereocenters. The lowest BCUT2D eigenvalue weighted by atomic mass is 10.7. The number of rotatable bonds is 0. The molecule has 0 bridgehead atoms. The summed E-state index contributed by atoms with van der Waals surface area (Å²) in [4.78, 5) is 0. The molecule has 4 heteroatoms. The number of nitrogens with zero attached hydrogens (tertiary/aromatic N) is 1. The molecule has 1 aromatic heterocycles. The lowest BCUT2D eigenvalue weighted by molar-refractivity contribution is 0.824. The van der Waals surface area contributed by atoms with Crippen LogP contribution in [0.1, 0.15) is 0 Å². The molecule has 0 aliphatic heterocycles. The number of aromatic nitrogens is 2. The minimum absolute atomic E-state index is 0. The predicted octanol–water partition coefficient (Wildman–Crippen LogP) is -0.833. The summed E-state index contributed by atoms with van der Waals surface area (Å²) in [5, 5.41) is 6.10. The summed E-state index contributed by atoms with van der Waals surface area (Å²) in [7, 11) is 0. The van der Waals surface area contributed by atoms with Gasteiger partial charge in [-0.1, -0.05) is 0 Å². The molecule has 1 heterocycles. The average Bonchev–Trinajstić information content (AvgIpc) is 1.86. The number of hydrogen-bond donors (Lipinski definition) is 2. The van der Waals surface area contributed by atoms with Crippen molar-refractivity contribution in [3.8, 4) is 0 Å². The third-order valence-electron chi connectivity index (χ3n) is 0.522. The summed E-state index contributed by atoms with van der Waals surface area (Å²) in [5.41, 5.74) is 5.16. The van der Waals surface area contributed by atoms with Gasteiger partial charge in [0, 0.05) is 0 Å². The zero-order valence-corrected chi connectivity index (χ0v) is 3.68. The molecule has 1 aromatic rings. The van der Waals surface area contributed by atoms with E-state index in [2.05, 4.69) is 10.2 Å². The Hall–Kier alpha value is -1.03. The molecule has 4 nitrogen and oxygen atoms in total. The van der Waals surface area contributed by atoms with Gasteiger partial charge >= 0.3 is 0 Å². The van der Waals surface area contributed by atoms with Crippen molar-refractivity contribution >= 4 is 5.82 Å². The van der Waals surface area contributed by atoms with Crippen molar-refractivity contribution in [1.29, 1.82) is 0 Å². The van der Waals surface area contributed by atoms with E-state index < -0.39 is 0 Å². The first-order chi connectivity index (χ1) is 2.89. The Labute approximate surface area is 40.6 Å². The van der Waals surface area contributed by atoms with Gasteiger partial charge in [0.15, 0.2) is 0 Å². The molecule has 5 N–H and O–H groups in total. The highest BCUT2D eigenvalue weighted by Gasteiger charge is 1.74. The van der Waals surface area contributed by atoms with Gasteiger partial charge in [0.2, 0.25) is 0 Å². The van der Waals surface area contributed by atoms with Gasteiger partial charge in [-0.05, 0) is 6.07 Å². The van der Waals surface area contributed by atoms with Crippen LogP contribution in [0.25, 0.3) is 0 Å². The number of anilines is 1. The standard InChI is InChI=1S/C3H5N3.H2O/c4-3-1-2-5-6-3;/h1-2H,(H3,4,5,6);1H2. The summed E-state index contributed by atoms with van der Waals surface area (Å²) in [6, 6.07) is 1.69. The van der Waals surface area contributed by atoms with Gasteiger partial charge in [-0.3, -0.25) is 5.10 Å². The minimum Gasteiger partial charge on any atom is -0.412 e. The fourth-order valence-corrected chi connectivity index (χ4v) is 0.267. The van der Waals surface area contributed by atoms with E-state index in [1.165, 1.54) is 0 Å². The molecule has 0 aliphatic rings. The Bertz CT molecular complexity index is 114. The van der Waals surface area contributed by atoms with E-state index >= 15 is 0 Å². The van der Waals surface area contributed by atoms with Crippen LogP contribution < -0.4 is 5.73 Å². The van der Waals surface area contributed by atoms with E-state index in [9.17, 15) is 0 Å². The van der Waals surface area contributed by atoms with E-state index in [1.54, 1.807) is 12.3 Å². The topological polar surface area (TPSA) is 86.2 Å². The van der Waals surface area contributed by atoms with Crippen LogP contribution in [0.4, 0.5) is 5.82 Å². The fourth-order valence-electron chi connectivity index (χ4n) is 0.267. The van der Waals surface area contributed by atoms with Gasteiger partial charge in [-0.25, -0.2) is 0 Å². The van der Waals surface area contributed by atoms with Gasteiger partial charge in [0.1, 0.15) is 5.82 Å². The Balaban J connectivity index is 0.000000360. The summed E-state index contributed by atoms with van der Waals surface area (Å²) in [6.45, 7) is 0. The molecule has 0 saturated heterocycles. The largest absolute Gasteiger partial charge is 0.412 e. The van der Waals surface area contributed by atoms with Crippen molar-refractivity contribution in [2.75, 3.05) is 5.73 Å².